The van der Waals surface area contributed by atoms with Crippen LogP contribution in [0.3, 0.4) is 0 Å². The molecule has 3 aromatic carbocycles. The first-order valence-electron chi connectivity index (χ1n) is 14.0. The van der Waals surface area contributed by atoms with Gasteiger partial charge in [0.25, 0.3) is 17.5 Å². The van der Waals surface area contributed by atoms with E-state index in [1.165, 1.54) is 24.3 Å². The Labute approximate surface area is 253 Å². The smallest absolute Gasteiger partial charge is 0.438 e. The van der Waals surface area contributed by atoms with Gasteiger partial charge in [-0.15, -0.1) is 0 Å². The maximum Gasteiger partial charge on any atom is 0.438 e. The number of hydrogen-bond acceptors (Lipinski definition) is 5. The van der Waals surface area contributed by atoms with E-state index in [0.717, 1.165) is 11.8 Å². The molecule has 1 aliphatic heterocycles. The summed E-state index contributed by atoms with van der Waals surface area (Å²) in [6.07, 6.45) is -4.58. The second-order valence-electron chi connectivity index (χ2n) is 10.9. The van der Waals surface area contributed by atoms with Crippen molar-refractivity contribution in [2.45, 2.75) is 51.2 Å². The summed E-state index contributed by atoms with van der Waals surface area (Å²) in [5, 5.41) is 13.2. The van der Waals surface area contributed by atoms with Gasteiger partial charge >= 0.3 is 6.18 Å². The van der Waals surface area contributed by atoms with E-state index in [1.807, 2.05) is 0 Å². The highest BCUT2D eigenvalue weighted by molar-refractivity contribution is 6.03. The molecule has 0 aliphatic carbocycles. The summed E-state index contributed by atoms with van der Waals surface area (Å²) in [7, 11) is 1.41. The largest absolute Gasteiger partial charge is 0.497 e. The molecule has 3 unspecified atom stereocenters. The van der Waals surface area contributed by atoms with Gasteiger partial charge in [0.15, 0.2) is 0 Å². The molecular formula is C33H34F3N3O5. The Morgan fingerprint density at radius 1 is 0.977 bits per heavy atom. The summed E-state index contributed by atoms with van der Waals surface area (Å²) in [6.45, 7) is 4.20. The molecule has 0 spiro atoms. The van der Waals surface area contributed by atoms with Gasteiger partial charge in [-0.05, 0) is 42.2 Å². The molecule has 1 heterocycles. The number of benzene rings is 3. The van der Waals surface area contributed by atoms with Crippen LogP contribution in [0.4, 0.5) is 13.2 Å². The number of carbonyl (C=O) groups is 3. The highest BCUT2D eigenvalue weighted by atomic mass is 19.4. The number of amides is 3. The normalized spacial score (nSPS) is 17.5. The van der Waals surface area contributed by atoms with Crippen molar-refractivity contribution in [1.29, 1.82) is 0 Å². The van der Waals surface area contributed by atoms with Crippen molar-refractivity contribution in [3.63, 3.8) is 0 Å². The molecule has 3 aromatic rings. The highest BCUT2D eigenvalue weighted by Gasteiger charge is 2.63. The molecule has 0 saturated heterocycles. The highest BCUT2D eigenvalue weighted by Crippen LogP contribution is 2.41. The van der Waals surface area contributed by atoms with Crippen LogP contribution in [0.1, 0.15) is 42.3 Å². The molecule has 2 N–H and O–H groups in total. The Morgan fingerprint density at radius 3 is 2.14 bits per heavy atom. The summed E-state index contributed by atoms with van der Waals surface area (Å²) >= 11 is 0. The molecule has 44 heavy (non-hydrogen) atoms. The van der Waals surface area contributed by atoms with Gasteiger partial charge in [-0.1, -0.05) is 74.5 Å². The number of alkyl halides is 3. The predicted octanol–water partition coefficient (Wildman–Crippen LogP) is 5.00. The van der Waals surface area contributed by atoms with Crippen LogP contribution < -0.4 is 10.1 Å². The Bertz CT molecular complexity index is 1530. The molecule has 3 atom stereocenters. The van der Waals surface area contributed by atoms with Gasteiger partial charge in [-0.25, -0.2) is 0 Å². The number of methoxy groups -OCH3 is 1. The summed E-state index contributed by atoms with van der Waals surface area (Å²) < 4.78 is 50.1. The van der Waals surface area contributed by atoms with Crippen molar-refractivity contribution in [3.8, 4) is 5.75 Å². The van der Waals surface area contributed by atoms with E-state index < -0.39 is 54.0 Å². The molecule has 1 aliphatic rings. The second-order valence-corrected chi connectivity index (χ2v) is 10.9. The monoisotopic (exact) mass is 609 g/mol. The first-order chi connectivity index (χ1) is 20.8. The number of halogens is 3. The third-order valence-electron chi connectivity index (χ3n) is 7.43. The van der Waals surface area contributed by atoms with Crippen molar-refractivity contribution >= 4 is 23.4 Å². The minimum atomic E-state index is -5.41. The minimum absolute atomic E-state index is 0.0935. The maximum absolute atomic E-state index is 14.9. The van der Waals surface area contributed by atoms with Crippen LogP contribution in [0.25, 0.3) is 5.70 Å². The lowest BCUT2D eigenvalue weighted by Crippen LogP contribution is -2.72. The summed E-state index contributed by atoms with van der Waals surface area (Å²) in [5.74, 6) is -2.77. The Hall–Kier alpha value is -4.64. The Morgan fingerprint density at radius 2 is 1.59 bits per heavy atom. The van der Waals surface area contributed by atoms with Crippen LogP contribution in [-0.2, 0) is 16.0 Å². The summed E-state index contributed by atoms with van der Waals surface area (Å²) in [6, 6.07) is 19.2. The number of hydrogen-bond donors (Lipinski definition) is 2. The molecule has 0 saturated carbocycles. The lowest BCUT2D eigenvalue weighted by Gasteiger charge is -2.49. The van der Waals surface area contributed by atoms with Crippen LogP contribution >= 0.6 is 0 Å². The molecule has 11 heteroatoms. The van der Waals surface area contributed by atoms with E-state index in [0.29, 0.717) is 11.3 Å². The van der Waals surface area contributed by atoms with E-state index in [-0.39, 0.29) is 16.8 Å². The molecule has 3 amide bonds. The standard InChI is InChI=1S/C33H34F3N3O5/c1-21(2)29-31(42)39(28(18-23-12-7-5-8-13-23)32(43,33(34,35)36)37-22(3)40)27(25-16-11-17-26(19-25)44-4)20-38(29)30(41)24-14-9-6-10-15-24/h5-17,19-21,28-29,43H,18H2,1-4H3,(H,37,40). The first-order valence-corrected chi connectivity index (χ1v) is 14.0. The average molecular weight is 610 g/mol. The van der Waals surface area contributed by atoms with Gasteiger partial charge < -0.3 is 20.1 Å². The first kappa shape index (κ1) is 32.3. The lowest BCUT2D eigenvalue weighted by atomic mass is 9.88. The second kappa shape index (κ2) is 12.9. The van der Waals surface area contributed by atoms with Crippen molar-refractivity contribution < 1.29 is 37.4 Å². The van der Waals surface area contributed by atoms with Gasteiger partial charge in [0.05, 0.1) is 18.8 Å². The van der Waals surface area contributed by atoms with Gasteiger partial charge in [0.2, 0.25) is 5.91 Å². The number of carbonyl (C=O) groups excluding carboxylic acids is 3. The average Bonchev–Trinajstić information content (AvgIpc) is 2.99. The van der Waals surface area contributed by atoms with Crippen molar-refractivity contribution in [3.05, 3.63) is 108 Å². The predicted molar refractivity (Wildman–Crippen MR) is 158 cm³/mol. The van der Waals surface area contributed by atoms with Crippen molar-refractivity contribution in [1.82, 2.24) is 15.1 Å². The van der Waals surface area contributed by atoms with E-state index >= 15 is 0 Å². The van der Waals surface area contributed by atoms with Crippen LogP contribution in [0.5, 0.6) is 5.75 Å². The van der Waals surface area contributed by atoms with Crippen molar-refractivity contribution in [2.75, 3.05) is 7.11 Å². The molecule has 0 aromatic heterocycles. The molecule has 4 rings (SSSR count). The zero-order chi connectivity index (χ0) is 32.2. The Balaban J connectivity index is 2.04. The number of nitrogens with zero attached hydrogens (tertiary/aromatic N) is 2. The maximum atomic E-state index is 14.9. The van der Waals surface area contributed by atoms with Gasteiger partial charge in [-0.2, -0.15) is 13.2 Å². The summed E-state index contributed by atoms with van der Waals surface area (Å²) in [5.41, 5.74) is -3.09. The Kier molecular flexibility index (Phi) is 9.48. The quantitative estimate of drug-likeness (QED) is 0.333. The van der Waals surface area contributed by atoms with Crippen LogP contribution in [0.15, 0.2) is 91.1 Å². The minimum Gasteiger partial charge on any atom is -0.497 e. The van der Waals surface area contributed by atoms with E-state index in [9.17, 15) is 32.7 Å². The number of ether oxygens (including phenoxy) is 1. The van der Waals surface area contributed by atoms with Gasteiger partial charge in [0, 0.05) is 24.3 Å². The topological polar surface area (TPSA) is 99.2 Å². The van der Waals surface area contributed by atoms with Gasteiger partial charge in [0.1, 0.15) is 11.8 Å². The fraction of sp³-hybridized carbons (Fsp3) is 0.303. The third-order valence-corrected chi connectivity index (χ3v) is 7.43. The van der Waals surface area contributed by atoms with Crippen LogP contribution in [0.2, 0.25) is 0 Å². The zero-order valence-electron chi connectivity index (χ0n) is 24.7. The van der Waals surface area contributed by atoms with E-state index in [4.69, 9.17) is 4.74 Å². The number of aliphatic hydroxyl groups is 1. The number of rotatable bonds is 9. The van der Waals surface area contributed by atoms with Crippen LogP contribution in [-0.4, -0.2) is 63.7 Å². The van der Waals surface area contributed by atoms with Gasteiger partial charge in [-0.3, -0.25) is 19.3 Å². The molecule has 0 bridgehead atoms. The van der Waals surface area contributed by atoms with E-state index in [1.54, 1.807) is 98.0 Å². The third kappa shape index (κ3) is 6.47. The molecular weight excluding hydrogens is 575 g/mol. The van der Waals surface area contributed by atoms with Crippen molar-refractivity contribution in [2.24, 2.45) is 5.92 Å². The summed E-state index contributed by atoms with van der Waals surface area (Å²) in [4.78, 5) is 42.7. The fourth-order valence-corrected chi connectivity index (χ4v) is 5.37. The molecule has 0 radical (unpaired) electrons. The fourth-order valence-electron chi connectivity index (χ4n) is 5.37. The lowest BCUT2D eigenvalue weighted by molar-refractivity contribution is -0.287. The number of nitrogens with one attached hydrogen (secondary N) is 1. The van der Waals surface area contributed by atoms with E-state index in [2.05, 4.69) is 0 Å². The van der Waals surface area contributed by atoms with Crippen LogP contribution in [0, 0.1) is 5.92 Å². The zero-order valence-corrected chi connectivity index (χ0v) is 24.7. The SMILES string of the molecule is COc1cccc(C2=CN(C(=O)c3ccccc3)C(C(C)C)C(=O)N2C(Cc2ccccc2)C(O)(NC(C)=O)C(F)(F)F)c1. The molecule has 232 valence electrons. The molecule has 8 nitrogen and oxygen atoms in total. The molecule has 0 fully saturated rings.